The second-order valence-electron chi connectivity index (χ2n) is 11.9. The predicted octanol–water partition coefficient (Wildman–Crippen LogP) is 5.42. The van der Waals surface area contributed by atoms with E-state index in [1.807, 2.05) is 0 Å². The molecule has 5 fully saturated rings. The molecule has 0 radical (unpaired) electrons. The highest BCUT2D eigenvalue weighted by Crippen LogP contribution is 2.67. The first-order chi connectivity index (χ1) is 13.5. The molecule has 2 N–H and O–H groups in total. The van der Waals surface area contributed by atoms with Crippen molar-refractivity contribution < 1.29 is 5.11 Å². The van der Waals surface area contributed by atoms with Crippen LogP contribution >= 0.6 is 0 Å². The molecule has 4 saturated carbocycles. The smallest absolute Gasteiger partial charge is 0.0462 e. The van der Waals surface area contributed by atoms with E-state index in [-0.39, 0.29) is 0 Å². The molecular formula is C26H43NO. The summed E-state index contributed by atoms with van der Waals surface area (Å²) in [6, 6.07) is 0. The highest BCUT2D eigenvalue weighted by Gasteiger charge is 2.59. The van der Waals surface area contributed by atoms with E-state index in [0.29, 0.717) is 23.4 Å². The lowest BCUT2D eigenvalue weighted by molar-refractivity contribution is -0.141. The van der Waals surface area contributed by atoms with E-state index in [1.54, 1.807) is 0 Å². The molecule has 2 nitrogen and oxygen atoms in total. The number of allylic oxidation sites excluding steroid dienone is 1. The van der Waals surface area contributed by atoms with Gasteiger partial charge >= 0.3 is 0 Å². The topological polar surface area (TPSA) is 32.3 Å². The van der Waals surface area contributed by atoms with E-state index in [2.05, 4.69) is 31.3 Å². The fourth-order valence-electron chi connectivity index (χ4n) is 9.06. The lowest BCUT2D eigenvalue weighted by atomic mass is 9.42. The van der Waals surface area contributed by atoms with Crippen molar-refractivity contribution in [2.75, 3.05) is 19.7 Å². The Morgan fingerprint density at radius 2 is 1.75 bits per heavy atom. The fraction of sp³-hybridized carbons (Fsp3) is 0.923. The second-order valence-corrected chi connectivity index (χ2v) is 11.9. The van der Waals surface area contributed by atoms with E-state index < -0.39 is 0 Å². The van der Waals surface area contributed by atoms with E-state index in [4.69, 9.17) is 0 Å². The molecule has 0 aromatic heterocycles. The molecule has 5 rings (SSSR count). The van der Waals surface area contributed by atoms with Crippen molar-refractivity contribution in [2.24, 2.45) is 52.3 Å². The molecule has 9 atom stereocenters. The zero-order valence-electron chi connectivity index (χ0n) is 18.3. The molecule has 5 aliphatic rings. The summed E-state index contributed by atoms with van der Waals surface area (Å²) >= 11 is 0. The molecule has 158 valence electrons. The molecule has 1 saturated heterocycles. The molecule has 1 unspecified atom stereocenters. The van der Waals surface area contributed by atoms with Crippen LogP contribution in [0, 0.1) is 52.3 Å². The number of aliphatic hydroxyl groups is 1. The van der Waals surface area contributed by atoms with Crippen LogP contribution in [0.1, 0.15) is 78.1 Å². The standard InChI is InChI=1S/C26H43NO/c1-25-10-3-4-22(25)21-15-20(17-28)24-14-18(5-6-19-9-13-27-16-19)7-12-26(24,2)23(21)8-11-25/h5-6,18-24,27-28H,3-4,7-17H2,1-2H3/b6-5-/t18-,19+,20-,21+,22+,23+,24?,25+,26-/m1/s1. The Morgan fingerprint density at radius 3 is 2.54 bits per heavy atom. The minimum Gasteiger partial charge on any atom is -0.396 e. The molecule has 1 heterocycles. The predicted molar refractivity (Wildman–Crippen MR) is 116 cm³/mol. The maximum absolute atomic E-state index is 10.4. The van der Waals surface area contributed by atoms with Gasteiger partial charge in [0, 0.05) is 13.2 Å². The van der Waals surface area contributed by atoms with Crippen LogP contribution in [0.25, 0.3) is 0 Å². The summed E-state index contributed by atoms with van der Waals surface area (Å²) in [6.45, 7) is 8.04. The third-order valence-electron chi connectivity index (χ3n) is 10.7. The van der Waals surface area contributed by atoms with Crippen LogP contribution in [-0.2, 0) is 0 Å². The molecule has 28 heavy (non-hydrogen) atoms. The van der Waals surface area contributed by atoms with Crippen LogP contribution in [0.2, 0.25) is 0 Å². The average molecular weight is 386 g/mol. The maximum Gasteiger partial charge on any atom is 0.0462 e. The highest BCUT2D eigenvalue weighted by atomic mass is 16.3. The quantitative estimate of drug-likeness (QED) is 0.636. The van der Waals surface area contributed by atoms with Crippen LogP contribution in [0.5, 0.6) is 0 Å². The molecule has 0 spiro atoms. The van der Waals surface area contributed by atoms with Gasteiger partial charge in [-0.25, -0.2) is 0 Å². The van der Waals surface area contributed by atoms with Crippen molar-refractivity contribution in [3.63, 3.8) is 0 Å². The van der Waals surface area contributed by atoms with Crippen molar-refractivity contribution >= 4 is 0 Å². The van der Waals surface area contributed by atoms with Gasteiger partial charge in [-0.1, -0.05) is 32.4 Å². The minimum absolute atomic E-state index is 0.426. The van der Waals surface area contributed by atoms with Crippen molar-refractivity contribution in [3.05, 3.63) is 12.2 Å². The van der Waals surface area contributed by atoms with E-state index in [9.17, 15) is 5.11 Å². The lowest BCUT2D eigenvalue weighted by Gasteiger charge is -2.62. The molecular weight excluding hydrogens is 342 g/mol. The number of aliphatic hydroxyl groups excluding tert-OH is 1. The SMILES string of the molecule is C[C@@]12CCC[C@H]1[C@@H]1C[C@H](CO)C3C[C@H](/C=C\[C@H]4CCNC4)CC[C@]3(C)[C@H]1CC2. The summed E-state index contributed by atoms with van der Waals surface area (Å²) in [5.41, 5.74) is 1.11. The summed E-state index contributed by atoms with van der Waals surface area (Å²) in [7, 11) is 0. The van der Waals surface area contributed by atoms with E-state index in [1.165, 1.54) is 77.3 Å². The van der Waals surface area contributed by atoms with Crippen molar-refractivity contribution in [2.45, 2.75) is 78.1 Å². The van der Waals surface area contributed by atoms with Crippen LogP contribution in [0.15, 0.2) is 12.2 Å². The normalized spacial score (nSPS) is 53.8. The number of hydrogen-bond donors (Lipinski definition) is 2. The van der Waals surface area contributed by atoms with Gasteiger partial charge in [0.25, 0.3) is 0 Å². The monoisotopic (exact) mass is 385 g/mol. The number of nitrogens with one attached hydrogen (secondary N) is 1. The zero-order chi connectivity index (χ0) is 19.4. The van der Waals surface area contributed by atoms with Crippen molar-refractivity contribution in [1.82, 2.24) is 5.32 Å². The van der Waals surface area contributed by atoms with Crippen LogP contribution in [-0.4, -0.2) is 24.8 Å². The number of fused-ring (bicyclic) bond motifs is 5. The maximum atomic E-state index is 10.4. The van der Waals surface area contributed by atoms with Crippen molar-refractivity contribution in [1.29, 1.82) is 0 Å². The van der Waals surface area contributed by atoms with E-state index >= 15 is 0 Å². The molecule has 0 aromatic rings. The summed E-state index contributed by atoms with van der Waals surface area (Å²) in [5, 5.41) is 13.9. The molecule has 1 aliphatic heterocycles. The summed E-state index contributed by atoms with van der Waals surface area (Å²) in [4.78, 5) is 0. The van der Waals surface area contributed by atoms with Gasteiger partial charge in [0.2, 0.25) is 0 Å². The molecule has 0 aromatic carbocycles. The highest BCUT2D eigenvalue weighted by molar-refractivity contribution is 5.10. The summed E-state index contributed by atoms with van der Waals surface area (Å²) in [5.74, 6) is 5.59. The first kappa shape index (κ1) is 19.6. The van der Waals surface area contributed by atoms with Gasteiger partial charge in [-0.05, 0) is 117 Å². The first-order valence-corrected chi connectivity index (χ1v) is 12.5. The van der Waals surface area contributed by atoms with Crippen LogP contribution < -0.4 is 5.32 Å². The Hall–Kier alpha value is -0.340. The zero-order valence-corrected chi connectivity index (χ0v) is 18.3. The van der Waals surface area contributed by atoms with Gasteiger partial charge in [0.15, 0.2) is 0 Å². The Morgan fingerprint density at radius 1 is 0.893 bits per heavy atom. The Bertz CT molecular complexity index is 595. The van der Waals surface area contributed by atoms with Gasteiger partial charge in [-0.2, -0.15) is 0 Å². The summed E-state index contributed by atoms with van der Waals surface area (Å²) in [6.07, 6.45) is 19.2. The van der Waals surface area contributed by atoms with Gasteiger partial charge < -0.3 is 10.4 Å². The molecule has 0 amide bonds. The largest absolute Gasteiger partial charge is 0.396 e. The number of hydrogen-bond acceptors (Lipinski definition) is 2. The van der Waals surface area contributed by atoms with Gasteiger partial charge in [0.05, 0.1) is 0 Å². The van der Waals surface area contributed by atoms with Gasteiger partial charge in [0.1, 0.15) is 0 Å². The van der Waals surface area contributed by atoms with Crippen molar-refractivity contribution in [3.8, 4) is 0 Å². The van der Waals surface area contributed by atoms with Crippen LogP contribution in [0.3, 0.4) is 0 Å². The molecule has 4 aliphatic carbocycles. The average Bonchev–Trinajstić information content (AvgIpc) is 3.34. The Kier molecular flexibility index (Phi) is 5.19. The van der Waals surface area contributed by atoms with Gasteiger partial charge in [-0.15, -0.1) is 0 Å². The second kappa shape index (κ2) is 7.41. The third kappa shape index (κ3) is 3.13. The summed E-state index contributed by atoms with van der Waals surface area (Å²) < 4.78 is 0. The fourth-order valence-corrected chi connectivity index (χ4v) is 9.06. The van der Waals surface area contributed by atoms with E-state index in [0.717, 1.165) is 35.5 Å². The van der Waals surface area contributed by atoms with Crippen LogP contribution in [0.4, 0.5) is 0 Å². The number of rotatable bonds is 3. The minimum atomic E-state index is 0.426. The molecule has 0 bridgehead atoms. The lowest BCUT2D eigenvalue weighted by Crippen LogP contribution is -2.56. The Balaban J connectivity index is 1.35. The van der Waals surface area contributed by atoms with Gasteiger partial charge in [-0.3, -0.25) is 0 Å². The Labute approximate surface area is 172 Å². The molecule has 2 heteroatoms. The third-order valence-corrected chi connectivity index (χ3v) is 10.7. The first-order valence-electron chi connectivity index (χ1n) is 12.5.